The van der Waals surface area contributed by atoms with Gasteiger partial charge in [0.25, 0.3) is 0 Å². The van der Waals surface area contributed by atoms with Crippen molar-refractivity contribution in [1.82, 2.24) is 5.01 Å². The van der Waals surface area contributed by atoms with E-state index in [2.05, 4.69) is 5.32 Å². The minimum absolute atomic E-state index is 0.303. The molecule has 0 radical (unpaired) electrons. The Labute approximate surface area is 241 Å². The Morgan fingerprint density at radius 2 is 1.51 bits per heavy atom. The van der Waals surface area contributed by atoms with Crippen LogP contribution >= 0.6 is 11.6 Å². The van der Waals surface area contributed by atoms with Crippen LogP contribution < -0.4 is 10.1 Å². The number of hydrazone groups is 1. The maximum atomic E-state index is 14.7. The van der Waals surface area contributed by atoms with Crippen LogP contribution in [0, 0.1) is 5.41 Å². The largest absolute Gasteiger partial charge is 0.497 e. The van der Waals surface area contributed by atoms with Crippen LogP contribution in [-0.4, -0.2) is 41.8 Å². The quantitative estimate of drug-likeness (QED) is 0.313. The second kappa shape index (κ2) is 9.42. The number of amides is 1. The lowest BCUT2D eigenvalue weighted by Crippen LogP contribution is -2.44. The minimum atomic E-state index is -1.63. The summed E-state index contributed by atoms with van der Waals surface area (Å²) in [6.07, 6.45) is 1.69. The van der Waals surface area contributed by atoms with Crippen LogP contribution in [0.3, 0.4) is 0 Å². The predicted octanol–water partition coefficient (Wildman–Crippen LogP) is 5.91. The Kier molecular flexibility index (Phi) is 5.80. The van der Waals surface area contributed by atoms with Crippen LogP contribution in [0.25, 0.3) is 0 Å². The maximum absolute atomic E-state index is 14.7. The minimum Gasteiger partial charge on any atom is -0.497 e. The first kappa shape index (κ1) is 25.2. The zero-order valence-electron chi connectivity index (χ0n) is 22.0. The Bertz CT molecular complexity index is 1710. The van der Waals surface area contributed by atoms with E-state index in [1.165, 1.54) is 0 Å². The molecule has 0 aromatic heterocycles. The third-order valence-corrected chi connectivity index (χ3v) is 8.68. The summed E-state index contributed by atoms with van der Waals surface area (Å²) in [5.74, 6) is -1.23. The normalized spacial score (nSPS) is 21.4. The smallest absolute Gasteiger partial charge is 0.249 e. The van der Waals surface area contributed by atoms with Crippen LogP contribution in [-0.2, 0) is 4.79 Å². The molecule has 4 aromatic rings. The number of nitrogens with one attached hydrogen (secondary N) is 1. The molecule has 0 unspecified atom stereocenters. The van der Waals surface area contributed by atoms with Crippen LogP contribution in [0.2, 0.25) is 5.02 Å². The number of carbonyl (C=O) groups excluding carboxylic acids is 3. The highest BCUT2D eigenvalue weighted by atomic mass is 35.5. The molecule has 0 bridgehead atoms. The van der Waals surface area contributed by atoms with E-state index in [-0.39, 0.29) is 17.5 Å². The molecule has 8 heteroatoms. The van der Waals surface area contributed by atoms with Crippen molar-refractivity contribution in [3.8, 4) is 5.75 Å². The van der Waals surface area contributed by atoms with Gasteiger partial charge in [-0.1, -0.05) is 72.3 Å². The summed E-state index contributed by atoms with van der Waals surface area (Å²) >= 11 is 6.08. The molecule has 0 saturated carbocycles. The molecule has 3 aliphatic rings. The van der Waals surface area contributed by atoms with Gasteiger partial charge in [0.2, 0.25) is 5.91 Å². The molecule has 1 N–H and O–H groups in total. The van der Waals surface area contributed by atoms with E-state index < -0.39 is 23.4 Å². The summed E-state index contributed by atoms with van der Waals surface area (Å²) in [6.45, 7) is 0. The van der Waals surface area contributed by atoms with Gasteiger partial charge in [0, 0.05) is 27.8 Å². The highest BCUT2D eigenvalue weighted by Crippen LogP contribution is 2.64. The van der Waals surface area contributed by atoms with Gasteiger partial charge in [-0.25, -0.2) is 0 Å². The van der Waals surface area contributed by atoms with Gasteiger partial charge in [-0.15, -0.1) is 0 Å². The summed E-state index contributed by atoms with van der Waals surface area (Å²) in [7, 11) is 1.57. The highest BCUT2D eigenvalue weighted by molar-refractivity contribution is 6.31. The Morgan fingerprint density at radius 3 is 2.17 bits per heavy atom. The first-order chi connectivity index (χ1) is 19.9. The number of ketones is 2. The molecule has 7 nitrogen and oxygen atoms in total. The van der Waals surface area contributed by atoms with E-state index >= 15 is 0 Å². The van der Waals surface area contributed by atoms with E-state index in [9.17, 15) is 14.4 Å². The number of methoxy groups -OCH3 is 1. The summed E-state index contributed by atoms with van der Waals surface area (Å²) in [6, 6.07) is 26.7. The fourth-order valence-corrected chi connectivity index (χ4v) is 6.84. The number of nitrogens with zero attached hydrogens (tertiary/aromatic N) is 2. The van der Waals surface area contributed by atoms with Crippen LogP contribution in [0.4, 0.5) is 5.69 Å². The summed E-state index contributed by atoms with van der Waals surface area (Å²) in [4.78, 5) is 43.7. The number of benzene rings is 4. The van der Waals surface area contributed by atoms with Gasteiger partial charge in [-0.3, -0.25) is 19.4 Å². The second-order valence-electron chi connectivity index (χ2n) is 10.4. The number of hydrogen-bond donors (Lipinski definition) is 1. The number of rotatable bonds is 4. The number of hydrogen-bond acceptors (Lipinski definition) is 6. The van der Waals surface area contributed by atoms with Crippen molar-refractivity contribution in [2.45, 2.75) is 18.0 Å². The molecular weight excluding hydrogens is 538 g/mol. The molecule has 1 spiro atoms. The molecule has 1 saturated heterocycles. The highest BCUT2D eigenvalue weighted by Gasteiger charge is 2.72. The lowest BCUT2D eigenvalue weighted by atomic mass is 9.63. The van der Waals surface area contributed by atoms with Gasteiger partial charge in [-0.05, 0) is 53.1 Å². The number of Topliss-reactive ketones (excluding diaryl/α,β-unsaturated/α-hetero) is 2. The summed E-state index contributed by atoms with van der Waals surface area (Å²) in [5, 5.41) is 9.93. The van der Waals surface area contributed by atoms with Crippen molar-refractivity contribution in [1.29, 1.82) is 0 Å². The Hall–Kier alpha value is -4.75. The Balaban J connectivity index is 1.48. The standard InChI is InChI=1S/C33H24ClN3O4/c1-41-23-16-10-19(11-17-23)27-28(32(40)36-22-14-12-21(34)13-15-22)37-29(24-7-3-2-6-20(24)18-35-37)33(27)30(38)25-8-4-5-9-26(25)31(33)39/h2-18,27-29H,1H3,(H,36,40)/t27-,28+,29+/m0/s1. The molecule has 7 rings (SSSR count). The van der Waals surface area contributed by atoms with E-state index in [1.54, 1.807) is 79.0 Å². The third kappa shape index (κ3) is 3.59. The summed E-state index contributed by atoms with van der Waals surface area (Å²) < 4.78 is 5.39. The predicted molar refractivity (Wildman–Crippen MR) is 156 cm³/mol. The first-order valence-electron chi connectivity index (χ1n) is 13.3. The van der Waals surface area contributed by atoms with Gasteiger partial charge in [0.15, 0.2) is 11.6 Å². The molecule has 2 aliphatic heterocycles. The maximum Gasteiger partial charge on any atom is 0.249 e. The van der Waals surface area contributed by atoms with Crippen molar-refractivity contribution in [3.63, 3.8) is 0 Å². The van der Waals surface area contributed by atoms with Gasteiger partial charge in [0.1, 0.15) is 17.2 Å². The van der Waals surface area contributed by atoms with E-state index in [0.717, 1.165) is 11.1 Å². The van der Waals surface area contributed by atoms with E-state index in [4.69, 9.17) is 21.4 Å². The lowest BCUT2D eigenvalue weighted by Gasteiger charge is -2.36. The van der Waals surface area contributed by atoms with Crippen molar-refractivity contribution >= 4 is 41.0 Å². The van der Waals surface area contributed by atoms with Crippen molar-refractivity contribution in [2.75, 3.05) is 12.4 Å². The molecule has 1 aliphatic carbocycles. The molecular formula is C33H24ClN3O4. The van der Waals surface area contributed by atoms with Crippen LogP contribution in [0.5, 0.6) is 5.75 Å². The lowest BCUT2D eigenvalue weighted by molar-refractivity contribution is -0.121. The molecule has 3 atom stereocenters. The summed E-state index contributed by atoms with van der Waals surface area (Å²) in [5.41, 5.74) is 1.88. The topological polar surface area (TPSA) is 88.1 Å². The molecule has 1 fully saturated rings. The number of halogens is 1. The number of carbonyl (C=O) groups is 3. The van der Waals surface area contributed by atoms with E-state index in [1.807, 2.05) is 36.4 Å². The second-order valence-corrected chi connectivity index (χ2v) is 10.9. The van der Waals surface area contributed by atoms with Crippen LogP contribution in [0.1, 0.15) is 49.4 Å². The molecule has 1 amide bonds. The fourth-order valence-electron chi connectivity index (χ4n) is 6.71. The average Bonchev–Trinajstić information content (AvgIpc) is 3.44. The zero-order chi connectivity index (χ0) is 28.3. The number of anilines is 1. The van der Waals surface area contributed by atoms with E-state index in [0.29, 0.717) is 33.1 Å². The Morgan fingerprint density at radius 1 is 0.878 bits per heavy atom. The molecule has 41 heavy (non-hydrogen) atoms. The van der Waals surface area contributed by atoms with Crippen molar-refractivity contribution in [3.05, 3.63) is 130 Å². The fraction of sp³-hybridized carbons (Fsp3) is 0.152. The molecule has 2 heterocycles. The monoisotopic (exact) mass is 561 g/mol. The third-order valence-electron chi connectivity index (χ3n) is 8.43. The van der Waals surface area contributed by atoms with Crippen molar-refractivity contribution < 1.29 is 19.1 Å². The first-order valence-corrected chi connectivity index (χ1v) is 13.6. The molecule has 202 valence electrons. The van der Waals surface area contributed by atoms with Gasteiger partial charge in [0.05, 0.1) is 19.4 Å². The zero-order valence-corrected chi connectivity index (χ0v) is 22.7. The average molecular weight is 562 g/mol. The SMILES string of the molecule is COc1ccc([C@H]2[C@H](C(=O)Nc3ccc(Cl)cc3)N3N=Cc4ccccc4[C@@H]3C23C(=O)c2ccccc2C3=O)cc1. The van der Waals surface area contributed by atoms with Gasteiger partial charge < -0.3 is 10.1 Å². The van der Waals surface area contributed by atoms with Crippen molar-refractivity contribution in [2.24, 2.45) is 10.5 Å². The molecule has 4 aromatic carbocycles. The van der Waals surface area contributed by atoms with Gasteiger partial charge >= 0.3 is 0 Å². The van der Waals surface area contributed by atoms with Gasteiger partial charge in [-0.2, -0.15) is 5.10 Å². The van der Waals surface area contributed by atoms with Crippen LogP contribution in [0.15, 0.2) is 102 Å². The number of fused-ring (bicyclic) bond motifs is 5. The number of ether oxygens (including phenoxy) is 1.